The van der Waals surface area contributed by atoms with E-state index in [1.807, 2.05) is 0 Å². The quantitative estimate of drug-likeness (QED) is 0.406. The molecule has 0 heterocycles. The van der Waals surface area contributed by atoms with Crippen LogP contribution in [0.25, 0.3) is 0 Å². The van der Waals surface area contributed by atoms with Crippen molar-refractivity contribution in [2.24, 2.45) is 5.73 Å². The molecule has 0 fully saturated rings. The van der Waals surface area contributed by atoms with Gasteiger partial charge in [-0.25, -0.2) is 0 Å². The monoisotopic (exact) mass is 183 g/mol. The standard InChI is InChI=1S/C6H13NO3.ClH/c1-2-4(8)6(10)5(9)3-7;/h2,4-6,8-10H,1,3,7H2;1H/t4-,5+,6+;/m1./s1. The zero-order chi connectivity index (χ0) is 8.15. The third-order valence-corrected chi connectivity index (χ3v) is 1.23. The largest absolute Gasteiger partial charge is 0.389 e. The molecule has 3 atom stereocenters. The molecule has 0 aromatic rings. The molecule has 0 aliphatic rings. The van der Waals surface area contributed by atoms with Gasteiger partial charge in [-0.3, -0.25) is 0 Å². The summed E-state index contributed by atoms with van der Waals surface area (Å²) in [7, 11) is 0. The Kier molecular flexibility index (Phi) is 8.04. The maximum absolute atomic E-state index is 8.93. The highest BCUT2D eigenvalue weighted by atomic mass is 35.5. The van der Waals surface area contributed by atoms with Crippen LogP contribution in [0.5, 0.6) is 0 Å². The topological polar surface area (TPSA) is 86.7 Å². The lowest BCUT2D eigenvalue weighted by Gasteiger charge is -2.18. The van der Waals surface area contributed by atoms with E-state index in [1.54, 1.807) is 0 Å². The van der Waals surface area contributed by atoms with Crippen molar-refractivity contribution in [2.45, 2.75) is 18.3 Å². The Morgan fingerprint density at radius 2 is 1.82 bits per heavy atom. The van der Waals surface area contributed by atoms with Crippen molar-refractivity contribution >= 4 is 12.4 Å². The Hall–Kier alpha value is -0.130. The van der Waals surface area contributed by atoms with E-state index < -0.39 is 18.3 Å². The molecular weight excluding hydrogens is 170 g/mol. The average Bonchev–Trinajstić information content (AvgIpc) is 2.00. The van der Waals surface area contributed by atoms with E-state index in [-0.39, 0.29) is 19.0 Å². The third kappa shape index (κ3) is 4.34. The van der Waals surface area contributed by atoms with E-state index in [2.05, 4.69) is 6.58 Å². The minimum Gasteiger partial charge on any atom is -0.389 e. The Labute approximate surface area is 71.8 Å². The highest BCUT2D eigenvalue weighted by molar-refractivity contribution is 5.85. The molecule has 0 aromatic carbocycles. The number of aliphatic hydroxyl groups excluding tert-OH is 3. The van der Waals surface area contributed by atoms with Crippen molar-refractivity contribution in [3.63, 3.8) is 0 Å². The molecule has 0 saturated heterocycles. The van der Waals surface area contributed by atoms with Crippen LogP contribution in [-0.2, 0) is 0 Å². The second kappa shape index (κ2) is 6.57. The molecule has 0 aliphatic carbocycles. The fourth-order valence-electron chi connectivity index (χ4n) is 0.506. The summed E-state index contributed by atoms with van der Waals surface area (Å²) in [4.78, 5) is 0. The molecule has 5 N–H and O–H groups in total. The number of rotatable bonds is 4. The van der Waals surface area contributed by atoms with E-state index in [4.69, 9.17) is 21.1 Å². The molecule has 0 aliphatic heterocycles. The lowest BCUT2D eigenvalue weighted by Crippen LogP contribution is -2.40. The predicted molar refractivity (Wildman–Crippen MR) is 44.5 cm³/mol. The minimum absolute atomic E-state index is 0. The van der Waals surface area contributed by atoms with Gasteiger partial charge in [-0.05, 0) is 0 Å². The van der Waals surface area contributed by atoms with Gasteiger partial charge < -0.3 is 21.1 Å². The maximum Gasteiger partial charge on any atom is 0.110 e. The molecule has 4 nitrogen and oxygen atoms in total. The van der Waals surface area contributed by atoms with Gasteiger partial charge in [0.2, 0.25) is 0 Å². The summed E-state index contributed by atoms with van der Waals surface area (Å²) in [6, 6.07) is 0. The SMILES string of the molecule is C=C[C@@H](O)[C@H](O)[C@@H](O)CN.Cl. The van der Waals surface area contributed by atoms with Gasteiger partial charge in [-0.1, -0.05) is 6.08 Å². The second-order valence-corrected chi connectivity index (χ2v) is 2.02. The summed E-state index contributed by atoms with van der Waals surface area (Å²) in [5, 5.41) is 26.6. The van der Waals surface area contributed by atoms with Gasteiger partial charge in [-0.2, -0.15) is 0 Å². The van der Waals surface area contributed by atoms with Crippen molar-refractivity contribution in [1.82, 2.24) is 0 Å². The molecule has 0 saturated carbocycles. The summed E-state index contributed by atoms with van der Waals surface area (Å²) in [6.07, 6.45) is -2.29. The molecule has 0 bridgehead atoms. The van der Waals surface area contributed by atoms with E-state index in [1.165, 1.54) is 0 Å². The molecule has 0 rings (SSSR count). The Morgan fingerprint density at radius 1 is 1.36 bits per heavy atom. The van der Waals surface area contributed by atoms with E-state index in [0.29, 0.717) is 0 Å². The van der Waals surface area contributed by atoms with Crippen LogP contribution in [0.1, 0.15) is 0 Å². The van der Waals surface area contributed by atoms with Crippen LogP contribution >= 0.6 is 12.4 Å². The second-order valence-electron chi connectivity index (χ2n) is 2.02. The first kappa shape index (κ1) is 13.5. The fraction of sp³-hybridized carbons (Fsp3) is 0.667. The van der Waals surface area contributed by atoms with Gasteiger partial charge >= 0.3 is 0 Å². The first-order chi connectivity index (χ1) is 4.63. The summed E-state index contributed by atoms with van der Waals surface area (Å²) in [5.74, 6) is 0. The summed E-state index contributed by atoms with van der Waals surface area (Å²) in [5.41, 5.74) is 5.01. The number of halogens is 1. The van der Waals surface area contributed by atoms with Gasteiger partial charge in [-0.15, -0.1) is 19.0 Å². The number of hydrogen-bond donors (Lipinski definition) is 4. The molecule has 11 heavy (non-hydrogen) atoms. The maximum atomic E-state index is 8.93. The highest BCUT2D eigenvalue weighted by Gasteiger charge is 2.20. The van der Waals surface area contributed by atoms with Gasteiger partial charge in [0.15, 0.2) is 0 Å². The van der Waals surface area contributed by atoms with Crippen LogP contribution in [0.3, 0.4) is 0 Å². The van der Waals surface area contributed by atoms with Crippen LogP contribution < -0.4 is 5.73 Å². The van der Waals surface area contributed by atoms with Crippen LogP contribution in [0.15, 0.2) is 12.7 Å². The van der Waals surface area contributed by atoms with E-state index in [9.17, 15) is 0 Å². The number of hydrogen-bond acceptors (Lipinski definition) is 4. The van der Waals surface area contributed by atoms with Crippen molar-refractivity contribution in [1.29, 1.82) is 0 Å². The first-order valence-electron chi connectivity index (χ1n) is 3.00. The number of nitrogens with two attached hydrogens (primary N) is 1. The highest BCUT2D eigenvalue weighted by Crippen LogP contribution is 1.98. The molecule has 0 aromatic heterocycles. The normalized spacial score (nSPS) is 17.8. The molecule has 0 spiro atoms. The van der Waals surface area contributed by atoms with Gasteiger partial charge in [0.05, 0.1) is 6.10 Å². The molecule has 0 amide bonds. The molecular formula is C6H14ClNO3. The Bertz CT molecular complexity index is 112. The van der Waals surface area contributed by atoms with Crippen LogP contribution in [0.4, 0.5) is 0 Å². The van der Waals surface area contributed by atoms with Crippen molar-refractivity contribution in [2.75, 3.05) is 6.54 Å². The molecule has 68 valence electrons. The van der Waals surface area contributed by atoms with Crippen molar-refractivity contribution in [3.05, 3.63) is 12.7 Å². The summed E-state index contributed by atoms with van der Waals surface area (Å²) in [6.45, 7) is 3.16. The van der Waals surface area contributed by atoms with Crippen LogP contribution in [-0.4, -0.2) is 40.2 Å². The first-order valence-corrected chi connectivity index (χ1v) is 3.00. The van der Waals surface area contributed by atoms with Gasteiger partial charge in [0.1, 0.15) is 12.2 Å². The lowest BCUT2D eigenvalue weighted by atomic mass is 10.1. The fourth-order valence-corrected chi connectivity index (χ4v) is 0.506. The van der Waals surface area contributed by atoms with Crippen LogP contribution in [0, 0.1) is 0 Å². The number of aliphatic hydroxyl groups is 3. The minimum atomic E-state index is -1.23. The smallest absolute Gasteiger partial charge is 0.110 e. The molecule has 0 unspecified atom stereocenters. The zero-order valence-electron chi connectivity index (χ0n) is 6.05. The molecule has 0 radical (unpaired) electrons. The van der Waals surface area contributed by atoms with E-state index >= 15 is 0 Å². The Morgan fingerprint density at radius 3 is 2.09 bits per heavy atom. The van der Waals surface area contributed by atoms with Crippen LogP contribution in [0.2, 0.25) is 0 Å². The predicted octanol–water partition coefficient (Wildman–Crippen LogP) is -1.36. The zero-order valence-corrected chi connectivity index (χ0v) is 6.87. The Balaban J connectivity index is 0. The van der Waals surface area contributed by atoms with Crippen molar-refractivity contribution in [3.8, 4) is 0 Å². The summed E-state index contributed by atoms with van der Waals surface area (Å²) < 4.78 is 0. The third-order valence-electron chi connectivity index (χ3n) is 1.23. The average molecular weight is 184 g/mol. The van der Waals surface area contributed by atoms with Gasteiger partial charge in [0, 0.05) is 6.54 Å². The van der Waals surface area contributed by atoms with Gasteiger partial charge in [0.25, 0.3) is 0 Å². The lowest BCUT2D eigenvalue weighted by molar-refractivity contribution is -0.0365. The van der Waals surface area contributed by atoms with E-state index in [0.717, 1.165) is 6.08 Å². The van der Waals surface area contributed by atoms with Crippen molar-refractivity contribution < 1.29 is 15.3 Å². The molecule has 5 heteroatoms. The summed E-state index contributed by atoms with van der Waals surface area (Å²) >= 11 is 0.